The fourth-order valence-electron chi connectivity index (χ4n) is 3.59. The molecule has 0 saturated heterocycles. The van der Waals surface area contributed by atoms with Crippen LogP contribution in [0.15, 0.2) is 27.7 Å². The molecule has 1 saturated carbocycles. The van der Waals surface area contributed by atoms with Crippen molar-refractivity contribution in [2.45, 2.75) is 50.0 Å². The Hall–Kier alpha value is -1.74. The van der Waals surface area contributed by atoms with E-state index in [1.54, 1.807) is 0 Å². The summed E-state index contributed by atoms with van der Waals surface area (Å²) in [6.45, 7) is -2.78. The maximum Gasteiger partial charge on any atom is 0.345 e. The third kappa shape index (κ3) is 3.68. The van der Waals surface area contributed by atoms with Gasteiger partial charge in [0.25, 0.3) is 0 Å². The van der Waals surface area contributed by atoms with Gasteiger partial charge in [0.1, 0.15) is 17.4 Å². The van der Waals surface area contributed by atoms with Crippen LogP contribution in [0.25, 0.3) is 0 Å². The van der Waals surface area contributed by atoms with Crippen LogP contribution in [0, 0.1) is 0 Å². The van der Waals surface area contributed by atoms with Gasteiger partial charge in [-0.05, 0) is 43.9 Å². The van der Waals surface area contributed by atoms with Gasteiger partial charge in [0.15, 0.2) is 5.96 Å². The number of hydrogen-bond donors (Lipinski definition) is 1. The van der Waals surface area contributed by atoms with Gasteiger partial charge in [-0.15, -0.1) is 0 Å². The zero-order valence-corrected chi connectivity index (χ0v) is 15.8. The van der Waals surface area contributed by atoms with E-state index in [2.05, 4.69) is 25.7 Å². The van der Waals surface area contributed by atoms with Gasteiger partial charge in [-0.25, -0.2) is 4.99 Å². The van der Waals surface area contributed by atoms with Crippen molar-refractivity contribution in [1.29, 1.82) is 0 Å². The van der Waals surface area contributed by atoms with Crippen molar-refractivity contribution < 1.29 is 23.0 Å². The van der Waals surface area contributed by atoms with Crippen LogP contribution in [0.1, 0.15) is 37.3 Å². The molecular formula is C17H20BrF2N3O3. The van der Waals surface area contributed by atoms with Gasteiger partial charge >= 0.3 is 6.61 Å². The van der Waals surface area contributed by atoms with E-state index in [1.807, 2.05) is 18.2 Å². The minimum atomic E-state index is -2.78. The lowest BCUT2D eigenvalue weighted by Gasteiger charge is -2.39. The van der Waals surface area contributed by atoms with E-state index in [4.69, 9.17) is 10.5 Å². The Morgan fingerprint density at radius 2 is 2.19 bits per heavy atom. The van der Waals surface area contributed by atoms with Crippen LogP contribution < -0.4 is 10.5 Å². The molecule has 1 aliphatic carbocycles. The van der Waals surface area contributed by atoms with Crippen molar-refractivity contribution in [3.05, 3.63) is 28.2 Å². The highest BCUT2D eigenvalue weighted by atomic mass is 79.9. The molecule has 1 unspecified atom stereocenters. The molecule has 142 valence electrons. The topological polar surface area (TPSA) is 77.2 Å². The first-order chi connectivity index (χ1) is 12.3. The predicted molar refractivity (Wildman–Crippen MR) is 95.0 cm³/mol. The third-order valence-electron chi connectivity index (χ3n) is 4.93. The second kappa shape index (κ2) is 7.48. The Morgan fingerprint density at radius 1 is 1.50 bits per heavy atom. The van der Waals surface area contributed by atoms with Crippen LogP contribution in [-0.2, 0) is 9.53 Å². The van der Waals surface area contributed by atoms with Crippen LogP contribution >= 0.6 is 15.9 Å². The number of carbonyl (C=O) groups is 1. The molecule has 0 aromatic heterocycles. The molecule has 1 heterocycles. The summed E-state index contributed by atoms with van der Waals surface area (Å²) in [5, 5.41) is 0. The molecular weight excluding hydrogens is 412 g/mol. The largest absolute Gasteiger partial charge is 0.484 e. The Labute approximate surface area is 158 Å². The van der Waals surface area contributed by atoms with E-state index in [1.165, 1.54) is 11.9 Å². The molecule has 1 aromatic carbocycles. The molecule has 26 heavy (non-hydrogen) atoms. The number of ether oxygens (including phenoxy) is 2. The molecule has 1 fully saturated rings. The van der Waals surface area contributed by atoms with Crippen molar-refractivity contribution >= 4 is 28.3 Å². The third-order valence-corrected chi connectivity index (χ3v) is 5.43. The highest BCUT2D eigenvalue weighted by molar-refractivity contribution is 9.10. The summed E-state index contributed by atoms with van der Waals surface area (Å²) in [5.74, 6) is 0.767. The standard InChI is InChI=1S/C17H20BrF2N3O3/c1-23(9-24)16(21)22-14-12-8-10(18)2-3-13(12)26-17(14)6-4-11(5-7-17)25-15(19)20/h2-3,8-9,11,14-15H,4-7H2,1H3,(H2,21,22)/t11-,14?,17+. The van der Waals surface area contributed by atoms with Crippen LogP contribution in [0.2, 0.25) is 0 Å². The van der Waals surface area contributed by atoms with Gasteiger partial charge in [0, 0.05) is 17.1 Å². The smallest absolute Gasteiger partial charge is 0.345 e. The molecule has 0 bridgehead atoms. The Bertz CT molecular complexity index is 708. The quantitative estimate of drug-likeness (QED) is 0.451. The zero-order valence-electron chi connectivity index (χ0n) is 14.2. The summed E-state index contributed by atoms with van der Waals surface area (Å²) >= 11 is 3.45. The van der Waals surface area contributed by atoms with Gasteiger partial charge in [-0.1, -0.05) is 15.9 Å². The van der Waals surface area contributed by atoms with Crippen molar-refractivity contribution in [2.24, 2.45) is 10.7 Å². The number of nitrogens with two attached hydrogens (primary N) is 1. The summed E-state index contributed by atoms with van der Waals surface area (Å²) in [7, 11) is 1.52. The van der Waals surface area contributed by atoms with E-state index in [9.17, 15) is 13.6 Å². The second-order valence-electron chi connectivity index (χ2n) is 6.55. The molecule has 1 aromatic rings. The number of hydrogen-bond acceptors (Lipinski definition) is 4. The molecule has 2 aliphatic rings. The van der Waals surface area contributed by atoms with Gasteiger partial charge in [-0.2, -0.15) is 8.78 Å². The van der Waals surface area contributed by atoms with Crippen LogP contribution in [0.5, 0.6) is 5.75 Å². The Balaban J connectivity index is 1.91. The first-order valence-corrected chi connectivity index (χ1v) is 9.07. The van der Waals surface area contributed by atoms with Gasteiger partial charge < -0.3 is 15.2 Å². The number of carbonyl (C=O) groups excluding carboxylic acids is 1. The van der Waals surface area contributed by atoms with Crippen LogP contribution in [0.4, 0.5) is 8.78 Å². The maximum atomic E-state index is 12.5. The highest BCUT2D eigenvalue weighted by Gasteiger charge is 2.51. The maximum absolute atomic E-state index is 12.5. The van der Waals surface area contributed by atoms with E-state index < -0.39 is 24.4 Å². The number of aliphatic imine (C=N–C) groups is 1. The molecule has 9 heteroatoms. The highest BCUT2D eigenvalue weighted by Crippen LogP contribution is 2.53. The molecule has 6 nitrogen and oxygen atoms in total. The van der Waals surface area contributed by atoms with Crippen molar-refractivity contribution in [3.8, 4) is 5.75 Å². The zero-order chi connectivity index (χ0) is 18.9. The van der Waals surface area contributed by atoms with Gasteiger partial charge in [-0.3, -0.25) is 9.69 Å². The fourth-order valence-corrected chi connectivity index (χ4v) is 3.96. The van der Waals surface area contributed by atoms with Gasteiger partial charge in [0.2, 0.25) is 6.41 Å². The fraction of sp³-hybridized carbons (Fsp3) is 0.529. The number of guanidine groups is 1. The molecule has 2 N–H and O–H groups in total. The van der Waals surface area contributed by atoms with E-state index >= 15 is 0 Å². The van der Waals surface area contributed by atoms with Crippen LogP contribution in [-0.4, -0.2) is 42.6 Å². The normalized spacial score (nSPS) is 28.1. The number of benzene rings is 1. The first kappa shape index (κ1) is 19.0. The van der Waals surface area contributed by atoms with E-state index in [0.717, 1.165) is 10.0 Å². The number of rotatable bonds is 4. The number of fused-ring (bicyclic) bond motifs is 1. The molecule has 1 amide bonds. The molecule has 1 atom stereocenters. The Kier molecular flexibility index (Phi) is 5.47. The minimum Gasteiger partial charge on any atom is -0.484 e. The summed E-state index contributed by atoms with van der Waals surface area (Å²) < 4.78 is 36.7. The summed E-state index contributed by atoms with van der Waals surface area (Å²) in [6.07, 6.45) is 1.96. The lowest BCUT2D eigenvalue weighted by molar-refractivity contribution is -0.178. The van der Waals surface area contributed by atoms with Crippen molar-refractivity contribution in [2.75, 3.05) is 7.05 Å². The monoisotopic (exact) mass is 431 g/mol. The summed E-state index contributed by atoms with van der Waals surface area (Å²) in [5.41, 5.74) is 6.11. The molecule has 0 radical (unpaired) electrons. The average Bonchev–Trinajstić information content (AvgIpc) is 2.89. The molecule has 3 rings (SSSR count). The van der Waals surface area contributed by atoms with Crippen molar-refractivity contribution in [1.82, 2.24) is 4.90 Å². The van der Waals surface area contributed by atoms with Crippen LogP contribution in [0.3, 0.4) is 0 Å². The molecule has 1 spiro atoms. The number of alkyl halides is 2. The summed E-state index contributed by atoms with van der Waals surface area (Å²) in [6, 6.07) is 5.20. The first-order valence-electron chi connectivity index (χ1n) is 8.28. The van der Waals surface area contributed by atoms with Crippen molar-refractivity contribution in [3.63, 3.8) is 0 Å². The second-order valence-corrected chi connectivity index (χ2v) is 7.47. The number of amides is 1. The minimum absolute atomic E-state index is 0.0757. The lowest BCUT2D eigenvalue weighted by Crippen LogP contribution is -2.44. The number of halogens is 3. The van der Waals surface area contributed by atoms with Gasteiger partial charge in [0.05, 0.1) is 6.10 Å². The predicted octanol–water partition coefficient (Wildman–Crippen LogP) is 3.21. The summed E-state index contributed by atoms with van der Waals surface area (Å²) in [4.78, 5) is 16.7. The lowest BCUT2D eigenvalue weighted by atomic mass is 9.77. The molecule has 1 aliphatic heterocycles. The van der Waals surface area contributed by atoms with E-state index in [-0.39, 0.29) is 5.96 Å². The Morgan fingerprint density at radius 3 is 2.81 bits per heavy atom. The average molecular weight is 432 g/mol. The number of nitrogens with zero attached hydrogens (tertiary/aromatic N) is 2. The van der Waals surface area contributed by atoms with E-state index in [0.29, 0.717) is 37.8 Å². The SMILES string of the molecule is CN(C=O)/C(N)=N\C1c2cc(Br)ccc2O[C@]12CC[C@@H](OC(F)F)CC2.